The van der Waals surface area contributed by atoms with E-state index in [4.69, 9.17) is 18.6 Å². The summed E-state index contributed by atoms with van der Waals surface area (Å²) < 4.78 is 29.3. The Labute approximate surface area is 302 Å². The maximum Gasteiger partial charge on any atom is 0.489 e. The fourth-order valence-electron chi connectivity index (χ4n) is 8.02. The zero-order valence-electron chi connectivity index (χ0n) is 29.6. The van der Waals surface area contributed by atoms with E-state index in [-0.39, 0.29) is 0 Å². The molecule has 0 N–H and O–H groups in total. The van der Waals surface area contributed by atoms with Crippen molar-refractivity contribution < 1.29 is 18.6 Å². The lowest BCUT2D eigenvalue weighted by Gasteiger charge is -2.36. The number of hydrogen-bond acceptors (Lipinski definition) is 4. The molecule has 2 saturated heterocycles. The molecule has 6 aromatic carbocycles. The molecule has 0 spiro atoms. The molecule has 0 radical (unpaired) electrons. The van der Waals surface area contributed by atoms with Gasteiger partial charge in [-0.2, -0.15) is 0 Å². The van der Waals surface area contributed by atoms with Crippen molar-refractivity contribution in [1.29, 1.82) is 0 Å². The highest BCUT2D eigenvalue weighted by atomic mass is 79.9. The first kappa shape index (κ1) is 32.3. The van der Waals surface area contributed by atoms with Gasteiger partial charge in [-0.3, -0.25) is 0 Å². The molecule has 0 bridgehead atoms. The van der Waals surface area contributed by atoms with Gasteiger partial charge < -0.3 is 23.2 Å². The fraction of sp³-hybridized carbons (Fsp3) is 0.286. The number of fused-ring (bicyclic) bond motifs is 9. The van der Waals surface area contributed by atoms with Crippen molar-refractivity contribution in [2.24, 2.45) is 0 Å². The molecule has 8 heteroatoms. The first-order valence-corrected chi connectivity index (χ1v) is 18.3. The van der Waals surface area contributed by atoms with Crippen LogP contribution in [-0.4, -0.2) is 41.0 Å². The SMILES string of the molecule is CC1(C)OB(B2OC(C)(C)C(C)(Cc3ccc(-n4c5ccc(Br)cc5c5cc6c7ccccc7c7ccccc7c6cc54)cc3)O2)OC1(C)C. The van der Waals surface area contributed by atoms with Gasteiger partial charge in [0.2, 0.25) is 0 Å². The van der Waals surface area contributed by atoms with Crippen LogP contribution in [0.2, 0.25) is 0 Å². The Kier molecular flexibility index (Phi) is 7.05. The molecule has 7 aromatic rings. The van der Waals surface area contributed by atoms with Crippen molar-refractivity contribution >= 4 is 84.1 Å². The van der Waals surface area contributed by atoms with Crippen LogP contribution in [0.4, 0.5) is 0 Å². The maximum absolute atomic E-state index is 6.69. The van der Waals surface area contributed by atoms with Gasteiger partial charge in [0.15, 0.2) is 0 Å². The van der Waals surface area contributed by atoms with Gasteiger partial charge in [0.1, 0.15) is 0 Å². The van der Waals surface area contributed by atoms with Crippen molar-refractivity contribution in [2.75, 3.05) is 0 Å². The summed E-state index contributed by atoms with van der Waals surface area (Å²) in [4.78, 5) is 0. The van der Waals surface area contributed by atoms with E-state index in [0.717, 1.165) is 10.2 Å². The largest absolute Gasteiger partial charge is 0.489 e. The minimum atomic E-state index is -0.615. The molecule has 250 valence electrons. The van der Waals surface area contributed by atoms with Crippen LogP contribution in [0, 0.1) is 0 Å². The van der Waals surface area contributed by atoms with Crippen LogP contribution in [0.15, 0.2) is 108 Å². The quantitative estimate of drug-likeness (QED) is 0.134. The average Bonchev–Trinajstić information content (AvgIpc) is 3.61. The molecule has 0 amide bonds. The van der Waals surface area contributed by atoms with Gasteiger partial charge in [0.05, 0.1) is 33.4 Å². The molecule has 2 aliphatic heterocycles. The van der Waals surface area contributed by atoms with E-state index in [2.05, 4.69) is 172 Å². The average molecular weight is 724 g/mol. The van der Waals surface area contributed by atoms with Crippen LogP contribution in [0.1, 0.15) is 54.0 Å². The lowest BCUT2D eigenvalue weighted by molar-refractivity contribution is -0.00877. The van der Waals surface area contributed by atoms with E-state index in [9.17, 15) is 0 Å². The fourth-order valence-corrected chi connectivity index (χ4v) is 8.38. The summed E-state index contributed by atoms with van der Waals surface area (Å²) in [5.74, 6) is 0. The van der Waals surface area contributed by atoms with E-state index < -0.39 is 36.4 Å². The molecule has 3 heterocycles. The zero-order valence-corrected chi connectivity index (χ0v) is 31.2. The summed E-state index contributed by atoms with van der Waals surface area (Å²) in [6, 6.07) is 37.8. The van der Waals surface area contributed by atoms with Crippen molar-refractivity contribution in [3.63, 3.8) is 0 Å². The molecule has 1 aromatic heterocycles. The second-order valence-corrected chi connectivity index (χ2v) is 16.7. The van der Waals surface area contributed by atoms with E-state index in [1.807, 2.05) is 0 Å². The third kappa shape index (κ3) is 4.76. The Morgan fingerprint density at radius 3 is 1.60 bits per heavy atom. The lowest BCUT2D eigenvalue weighted by Crippen LogP contribution is -2.46. The summed E-state index contributed by atoms with van der Waals surface area (Å²) in [5, 5.41) is 10.1. The number of benzene rings is 6. The van der Waals surface area contributed by atoms with Crippen LogP contribution in [0.3, 0.4) is 0 Å². The molecule has 1 atom stereocenters. The van der Waals surface area contributed by atoms with Gasteiger partial charge in [-0.25, -0.2) is 0 Å². The Balaban J connectivity index is 1.13. The Bertz CT molecular complexity index is 2490. The summed E-state index contributed by atoms with van der Waals surface area (Å²) in [5.41, 5.74) is 2.57. The second-order valence-electron chi connectivity index (χ2n) is 15.8. The van der Waals surface area contributed by atoms with Gasteiger partial charge in [0, 0.05) is 27.4 Å². The number of halogens is 1. The smallest absolute Gasteiger partial charge is 0.405 e. The van der Waals surface area contributed by atoms with E-state index in [0.29, 0.717) is 6.42 Å². The van der Waals surface area contributed by atoms with Crippen LogP contribution in [0.25, 0.3) is 59.8 Å². The standard InChI is InChI=1S/C42H40B2BrNO4/c1-39(2)40(3,4)48-43(47-39)44-49-41(5,6)42(7,50-44)25-26-16-19-28(20-17-26)46-37-21-18-27(45)22-35(37)36-23-33-31-14-10-8-12-29(31)30-13-9-11-15-32(30)34(33)24-38(36)46/h8-24H,25H2,1-7H3. The minimum absolute atomic E-state index is 0.459. The molecule has 0 aliphatic carbocycles. The van der Waals surface area contributed by atoms with Crippen LogP contribution < -0.4 is 0 Å². The third-order valence-corrected chi connectivity index (χ3v) is 12.4. The molecule has 9 rings (SSSR count). The first-order valence-electron chi connectivity index (χ1n) is 17.5. The monoisotopic (exact) mass is 723 g/mol. The highest BCUT2D eigenvalue weighted by molar-refractivity contribution is 9.10. The minimum Gasteiger partial charge on any atom is -0.405 e. The summed E-state index contributed by atoms with van der Waals surface area (Å²) in [7, 11) is -1.21. The van der Waals surface area contributed by atoms with Gasteiger partial charge in [-0.1, -0.05) is 76.6 Å². The van der Waals surface area contributed by atoms with Gasteiger partial charge >= 0.3 is 14.0 Å². The van der Waals surface area contributed by atoms with E-state index in [1.54, 1.807) is 0 Å². The van der Waals surface area contributed by atoms with Gasteiger partial charge in [-0.15, -0.1) is 0 Å². The predicted molar refractivity (Wildman–Crippen MR) is 211 cm³/mol. The molecule has 5 nitrogen and oxygen atoms in total. The summed E-state index contributed by atoms with van der Waals surface area (Å²) >= 11 is 3.76. The third-order valence-electron chi connectivity index (χ3n) is 11.9. The van der Waals surface area contributed by atoms with Crippen molar-refractivity contribution in [1.82, 2.24) is 4.57 Å². The highest BCUT2D eigenvalue weighted by Crippen LogP contribution is 2.45. The normalized spacial score (nSPS) is 21.4. The first-order chi connectivity index (χ1) is 23.8. The Hall–Kier alpha value is -3.65. The van der Waals surface area contributed by atoms with Crippen molar-refractivity contribution in [3.05, 3.63) is 113 Å². The van der Waals surface area contributed by atoms with Crippen LogP contribution >= 0.6 is 15.9 Å². The summed E-state index contributed by atoms with van der Waals surface area (Å²) in [6.45, 7) is 14.5. The molecule has 50 heavy (non-hydrogen) atoms. The highest BCUT2D eigenvalue weighted by Gasteiger charge is 2.64. The molecule has 2 aliphatic rings. The zero-order chi connectivity index (χ0) is 34.8. The number of nitrogens with zero attached hydrogens (tertiary/aromatic N) is 1. The number of rotatable bonds is 4. The number of aromatic nitrogens is 1. The Morgan fingerprint density at radius 1 is 0.500 bits per heavy atom. The van der Waals surface area contributed by atoms with Crippen molar-refractivity contribution in [2.45, 2.75) is 77.3 Å². The van der Waals surface area contributed by atoms with Gasteiger partial charge in [-0.05, 0) is 129 Å². The Morgan fingerprint density at radius 2 is 1.00 bits per heavy atom. The topological polar surface area (TPSA) is 41.9 Å². The van der Waals surface area contributed by atoms with Gasteiger partial charge in [0.25, 0.3) is 0 Å². The maximum atomic E-state index is 6.69. The lowest BCUT2D eigenvalue weighted by atomic mass is 9.49. The van der Waals surface area contributed by atoms with E-state index in [1.165, 1.54) is 59.7 Å². The van der Waals surface area contributed by atoms with Crippen LogP contribution in [0.5, 0.6) is 0 Å². The molecule has 1 unspecified atom stereocenters. The second kappa shape index (κ2) is 10.9. The molecule has 2 fully saturated rings. The number of hydrogen-bond donors (Lipinski definition) is 0. The van der Waals surface area contributed by atoms with Crippen molar-refractivity contribution in [3.8, 4) is 5.69 Å². The van der Waals surface area contributed by atoms with Crippen LogP contribution in [-0.2, 0) is 25.0 Å². The molecular weight excluding hydrogens is 684 g/mol. The molecular formula is C42H40B2BrNO4. The predicted octanol–water partition coefficient (Wildman–Crippen LogP) is 10.8. The summed E-state index contributed by atoms with van der Waals surface area (Å²) in [6.07, 6.45) is 0.681. The molecule has 0 saturated carbocycles. The van der Waals surface area contributed by atoms with E-state index >= 15 is 0 Å².